The number of nitrogens with zero attached hydrogens (tertiary/aromatic N) is 3. The number of carbonyl (C=O) groups excluding carboxylic acids is 1. The van der Waals surface area contributed by atoms with Gasteiger partial charge in [-0.25, -0.2) is 9.48 Å². The summed E-state index contributed by atoms with van der Waals surface area (Å²) >= 11 is 1.55. The molecule has 1 aliphatic carbocycles. The van der Waals surface area contributed by atoms with Crippen molar-refractivity contribution in [1.82, 2.24) is 19.7 Å². The number of hydrogen-bond donors (Lipinski definition) is 1. The van der Waals surface area contributed by atoms with Gasteiger partial charge in [0.1, 0.15) is 0 Å². The van der Waals surface area contributed by atoms with E-state index >= 15 is 0 Å². The molecule has 1 N–H and O–H groups in total. The standard InChI is InChI=1S/C15H20N4O2S/c1-18-13(12-7-4-10-22-12)17-19(15(18)21)9-8-16-14(20)11-5-2-3-6-11/h4,7,10-11H,2-3,5-6,8-9H2,1H3,(H,16,20). The first kappa shape index (κ1) is 15.0. The third-order valence-corrected chi connectivity index (χ3v) is 5.00. The Bertz CT molecular complexity index is 696. The molecule has 7 heteroatoms. The van der Waals surface area contributed by atoms with Crippen LogP contribution in [-0.2, 0) is 18.4 Å². The van der Waals surface area contributed by atoms with Gasteiger partial charge in [0.05, 0.1) is 11.4 Å². The Kier molecular flexibility index (Phi) is 4.42. The summed E-state index contributed by atoms with van der Waals surface area (Å²) in [6.45, 7) is 0.840. The van der Waals surface area contributed by atoms with Gasteiger partial charge in [0.2, 0.25) is 5.91 Å². The fourth-order valence-corrected chi connectivity index (χ4v) is 3.62. The summed E-state index contributed by atoms with van der Waals surface area (Å²) in [7, 11) is 1.72. The molecular weight excluding hydrogens is 300 g/mol. The summed E-state index contributed by atoms with van der Waals surface area (Å²) in [6, 6.07) is 3.88. The molecule has 1 amide bonds. The van der Waals surface area contributed by atoms with E-state index < -0.39 is 0 Å². The zero-order chi connectivity index (χ0) is 15.5. The molecule has 0 unspecified atom stereocenters. The molecule has 0 aliphatic heterocycles. The fourth-order valence-electron chi connectivity index (χ4n) is 2.87. The van der Waals surface area contributed by atoms with Gasteiger partial charge in [-0.05, 0) is 24.3 Å². The molecule has 0 saturated heterocycles. The van der Waals surface area contributed by atoms with Gasteiger partial charge >= 0.3 is 5.69 Å². The topological polar surface area (TPSA) is 68.9 Å². The number of aromatic nitrogens is 3. The molecule has 1 fully saturated rings. The third kappa shape index (κ3) is 2.99. The van der Waals surface area contributed by atoms with Crippen molar-refractivity contribution in [2.24, 2.45) is 13.0 Å². The van der Waals surface area contributed by atoms with Crippen molar-refractivity contribution >= 4 is 17.2 Å². The highest BCUT2D eigenvalue weighted by Gasteiger charge is 2.22. The van der Waals surface area contributed by atoms with Crippen LogP contribution in [0.3, 0.4) is 0 Å². The quantitative estimate of drug-likeness (QED) is 0.910. The van der Waals surface area contributed by atoms with Gasteiger partial charge in [0.15, 0.2) is 5.82 Å². The van der Waals surface area contributed by atoms with E-state index in [4.69, 9.17) is 0 Å². The van der Waals surface area contributed by atoms with E-state index in [9.17, 15) is 9.59 Å². The predicted molar refractivity (Wildman–Crippen MR) is 85.7 cm³/mol. The van der Waals surface area contributed by atoms with E-state index in [-0.39, 0.29) is 17.5 Å². The van der Waals surface area contributed by atoms with Crippen LogP contribution >= 0.6 is 11.3 Å². The molecule has 2 aromatic heterocycles. The smallest absolute Gasteiger partial charge is 0.346 e. The Morgan fingerprint density at radius 1 is 1.45 bits per heavy atom. The highest BCUT2D eigenvalue weighted by atomic mass is 32.1. The number of thiophene rings is 1. The molecule has 6 nitrogen and oxygen atoms in total. The van der Waals surface area contributed by atoms with Crippen molar-refractivity contribution in [3.63, 3.8) is 0 Å². The van der Waals surface area contributed by atoms with Crippen LogP contribution in [0.15, 0.2) is 22.3 Å². The summed E-state index contributed by atoms with van der Waals surface area (Å²) in [4.78, 5) is 25.1. The average molecular weight is 320 g/mol. The van der Waals surface area contributed by atoms with Crippen molar-refractivity contribution in [1.29, 1.82) is 0 Å². The van der Waals surface area contributed by atoms with E-state index in [1.165, 1.54) is 4.68 Å². The Hall–Kier alpha value is -1.89. The molecule has 0 spiro atoms. The Morgan fingerprint density at radius 2 is 2.23 bits per heavy atom. The summed E-state index contributed by atoms with van der Waals surface area (Å²) in [5.41, 5.74) is -0.154. The van der Waals surface area contributed by atoms with Gasteiger partial charge in [-0.15, -0.1) is 16.4 Å². The van der Waals surface area contributed by atoms with Crippen LogP contribution in [0.2, 0.25) is 0 Å². The third-order valence-electron chi connectivity index (χ3n) is 4.13. The van der Waals surface area contributed by atoms with Crippen LogP contribution in [0.1, 0.15) is 25.7 Å². The van der Waals surface area contributed by atoms with Crippen LogP contribution in [0.5, 0.6) is 0 Å². The summed E-state index contributed by atoms with van der Waals surface area (Å²) in [5.74, 6) is 0.934. The van der Waals surface area contributed by atoms with Crippen LogP contribution < -0.4 is 11.0 Å². The molecule has 2 aromatic rings. The van der Waals surface area contributed by atoms with Crippen molar-refractivity contribution in [2.45, 2.75) is 32.2 Å². The van der Waals surface area contributed by atoms with Gasteiger partial charge in [-0.2, -0.15) is 0 Å². The first-order chi connectivity index (χ1) is 10.7. The lowest BCUT2D eigenvalue weighted by atomic mass is 10.1. The minimum Gasteiger partial charge on any atom is -0.354 e. The maximum Gasteiger partial charge on any atom is 0.346 e. The predicted octanol–water partition coefficient (Wildman–Crippen LogP) is 1.62. The van der Waals surface area contributed by atoms with Crippen molar-refractivity contribution in [3.8, 4) is 10.7 Å². The molecule has 118 valence electrons. The first-order valence-corrected chi connectivity index (χ1v) is 8.50. The van der Waals surface area contributed by atoms with E-state index in [2.05, 4.69) is 10.4 Å². The number of nitrogens with one attached hydrogen (secondary N) is 1. The monoisotopic (exact) mass is 320 g/mol. The second-order valence-electron chi connectivity index (χ2n) is 5.64. The molecular formula is C15H20N4O2S. The van der Waals surface area contributed by atoms with Crippen molar-refractivity contribution < 1.29 is 4.79 Å². The van der Waals surface area contributed by atoms with Gasteiger partial charge in [0, 0.05) is 19.5 Å². The normalized spacial score (nSPS) is 15.3. The van der Waals surface area contributed by atoms with E-state index in [0.29, 0.717) is 18.9 Å². The Morgan fingerprint density at radius 3 is 2.91 bits per heavy atom. The van der Waals surface area contributed by atoms with E-state index in [1.807, 2.05) is 17.5 Å². The number of hydrogen-bond acceptors (Lipinski definition) is 4. The second-order valence-corrected chi connectivity index (χ2v) is 6.59. The molecule has 1 aliphatic rings. The minimum absolute atomic E-state index is 0.111. The van der Waals surface area contributed by atoms with Gasteiger partial charge in [0.25, 0.3) is 0 Å². The molecule has 3 rings (SSSR count). The number of carbonyl (C=O) groups is 1. The first-order valence-electron chi connectivity index (χ1n) is 7.62. The van der Waals surface area contributed by atoms with Crippen LogP contribution in [0.4, 0.5) is 0 Å². The lowest BCUT2D eigenvalue weighted by Gasteiger charge is -2.09. The van der Waals surface area contributed by atoms with Gasteiger partial charge in [-0.1, -0.05) is 18.9 Å². The summed E-state index contributed by atoms with van der Waals surface area (Å²) in [5, 5.41) is 9.25. The van der Waals surface area contributed by atoms with Crippen molar-refractivity contribution in [2.75, 3.05) is 6.54 Å². The highest BCUT2D eigenvalue weighted by molar-refractivity contribution is 7.13. The van der Waals surface area contributed by atoms with E-state index in [1.54, 1.807) is 23.0 Å². The zero-order valence-electron chi connectivity index (χ0n) is 12.6. The number of amides is 1. The molecule has 0 aromatic carbocycles. The molecule has 1 saturated carbocycles. The minimum atomic E-state index is -0.154. The zero-order valence-corrected chi connectivity index (χ0v) is 13.4. The molecule has 0 bridgehead atoms. The van der Waals surface area contributed by atoms with Crippen LogP contribution in [-0.4, -0.2) is 26.8 Å². The molecule has 2 heterocycles. The van der Waals surface area contributed by atoms with Crippen LogP contribution in [0.25, 0.3) is 10.7 Å². The van der Waals surface area contributed by atoms with Gasteiger partial charge in [-0.3, -0.25) is 9.36 Å². The Balaban J connectivity index is 1.62. The van der Waals surface area contributed by atoms with E-state index in [0.717, 1.165) is 30.6 Å². The van der Waals surface area contributed by atoms with Crippen LogP contribution in [0, 0.1) is 5.92 Å². The number of rotatable bonds is 5. The summed E-state index contributed by atoms with van der Waals surface area (Å²) < 4.78 is 2.97. The lowest BCUT2D eigenvalue weighted by molar-refractivity contribution is -0.124. The average Bonchev–Trinajstić information content (AvgIpc) is 3.24. The van der Waals surface area contributed by atoms with Crippen molar-refractivity contribution in [3.05, 3.63) is 28.0 Å². The fraction of sp³-hybridized carbons (Fsp3) is 0.533. The maximum absolute atomic E-state index is 12.2. The SMILES string of the molecule is Cn1c(-c2cccs2)nn(CCNC(=O)C2CCCC2)c1=O. The molecule has 22 heavy (non-hydrogen) atoms. The highest BCUT2D eigenvalue weighted by Crippen LogP contribution is 2.24. The molecule has 0 radical (unpaired) electrons. The molecule has 0 atom stereocenters. The Labute approximate surface area is 132 Å². The maximum atomic E-state index is 12.2. The van der Waals surface area contributed by atoms with Gasteiger partial charge < -0.3 is 5.32 Å². The summed E-state index contributed by atoms with van der Waals surface area (Å²) in [6.07, 6.45) is 4.25. The lowest BCUT2D eigenvalue weighted by Crippen LogP contribution is -2.34. The second kappa shape index (κ2) is 6.48. The largest absolute Gasteiger partial charge is 0.354 e.